The van der Waals surface area contributed by atoms with Gasteiger partial charge in [-0.1, -0.05) is 75.4 Å². The van der Waals surface area contributed by atoms with Crippen LogP contribution in [-0.2, 0) is 38.6 Å². The molecule has 2 aliphatic heterocycles. The molecule has 0 saturated carbocycles. The van der Waals surface area contributed by atoms with Gasteiger partial charge >= 0.3 is 6.03 Å². The molecule has 5 rings (SSSR count). The molecule has 1 aromatic heterocycles. The number of carbonyl (C=O) groups excluding carboxylic acids is 5. The summed E-state index contributed by atoms with van der Waals surface area (Å²) in [6.45, 7) is 7.86. The lowest BCUT2D eigenvalue weighted by atomic mass is 9.96. The van der Waals surface area contributed by atoms with Crippen LogP contribution in [-0.4, -0.2) is 87.7 Å². The lowest BCUT2D eigenvalue weighted by molar-refractivity contribution is -0.138. The van der Waals surface area contributed by atoms with E-state index in [2.05, 4.69) is 37.3 Å². The Kier molecular flexibility index (Phi) is 12.9. The van der Waals surface area contributed by atoms with Gasteiger partial charge in [-0.2, -0.15) is 0 Å². The second-order valence-corrected chi connectivity index (χ2v) is 14.7. The van der Waals surface area contributed by atoms with Gasteiger partial charge in [-0.15, -0.1) is 0 Å². The highest BCUT2D eigenvalue weighted by Crippen LogP contribution is 2.21. The molecule has 13 heteroatoms. The topological polar surface area (TPSA) is 166 Å². The average molecular weight is 711 g/mol. The number of nitrogens with zero attached hydrogens (tertiary/aromatic N) is 4. The number of aryl methyl sites for hydroxylation is 1. The molecule has 0 bridgehead atoms. The van der Waals surface area contributed by atoms with E-state index in [0.29, 0.717) is 57.6 Å². The summed E-state index contributed by atoms with van der Waals surface area (Å²) in [7, 11) is 0. The molecule has 52 heavy (non-hydrogen) atoms. The molecule has 0 unspecified atom stereocenters. The van der Waals surface area contributed by atoms with Crippen molar-refractivity contribution in [2.45, 2.75) is 77.9 Å². The highest BCUT2D eigenvalue weighted by Gasteiger charge is 2.34. The summed E-state index contributed by atoms with van der Waals surface area (Å²) in [5.74, 6) is -1.38. The fraction of sp³-hybridized carbons (Fsp3) is 0.462. The number of likely N-dealkylation sites (tertiary alicyclic amines) is 1. The Labute approximate surface area is 305 Å². The third-order valence-corrected chi connectivity index (χ3v) is 9.41. The number of fused-ring (bicyclic) bond motifs is 1. The predicted octanol–water partition coefficient (Wildman–Crippen LogP) is 3.46. The van der Waals surface area contributed by atoms with Crippen LogP contribution in [0.2, 0.25) is 0 Å². The summed E-state index contributed by atoms with van der Waals surface area (Å²) < 4.78 is 0. The van der Waals surface area contributed by atoms with Crippen LogP contribution in [0, 0.1) is 11.3 Å². The van der Waals surface area contributed by atoms with Gasteiger partial charge in [0.2, 0.25) is 23.6 Å². The van der Waals surface area contributed by atoms with Crippen LogP contribution in [0.15, 0.2) is 73.2 Å². The normalized spacial score (nSPS) is 15.8. The van der Waals surface area contributed by atoms with E-state index in [-0.39, 0.29) is 42.7 Å². The molecule has 0 aliphatic carbocycles. The number of aromatic nitrogens is 2. The smallest absolute Gasteiger partial charge is 0.318 e. The van der Waals surface area contributed by atoms with Crippen molar-refractivity contribution in [1.82, 2.24) is 35.7 Å². The van der Waals surface area contributed by atoms with Gasteiger partial charge in [0.05, 0.1) is 12.6 Å². The fourth-order valence-corrected chi connectivity index (χ4v) is 6.40. The quantitative estimate of drug-likeness (QED) is 0.224. The SMILES string of the molecule is CC(C)(C)CNC(=O)C[C@H](NC(=O)N1CCC(C(=O)Nc2cnccn2)CC1)C(=O)N[C@@H](CCc1ccccc1)C(=O)N1CCc2ccccc2C1. The standard InChI is InChI=1S/C39H50N8O5/c1-39(2,3)26-42-34(48)23-32(44-38(52)46-20-16-29(17-21-46)35(49)45-33-24-40-18-19-41-33)36(50)43-31(14-13-27-9-5-4-6-10-27)37(51)47-22-15-28-11-7-8-12-30(28)25-47/h4-12,18-19,24,29,31-32H,13-17,20-23,25-26H2,1-3H3,(H,42,48)(H,43,50)(H,44,52)(H,41,45,49)/t31-,32-/m0/s1. The zero-order valence-corrected chi connectivity index (χ0v) is 30.3. The van der Waals surface area contributed by atoms with Crippen LogP contribution in [0.3, 0.4) is 0 Å². The fourth-order valence-electron chi connectivity index (χ4n) is 6.40. The summed E-state index contributed by atoms with van der Waals surface area (Å²) in [6, 6.07) is 15.1. The van der Waals surface area contributed by atoms with Gasteiger partial charge in [-0.05, 0) is 54.2 Å². The first-order chi connectivity index (χ1) is 24.9. The number of carbonyl (C=O) groups is 5. The second kappa shape index (κ2) is 17.7. The second-order valence-electron chi connectivity index (χ2n) is 14.7. The zero-order valence-electron chi connectivity index (χ0n) is 30.3. The van der Waals surface area contributed by atoms with Gasteiger partial charge in [0.15, 0.2) is 5.82 Å². The molecule has 3 aromatic rings. The van der Waals surface area contributed by atoms with E-state index in [1.807, 2.05) is 69.3 Å². The van der Waals surface area contributed by atoms with Crippen molar-refractivity contribution in [3.05, 3.63) is 89.9 Å². The van der Waals surface area contributed by atoms with Gasteiger partial charge in [-0.25, -0.2) is 9.78 Å². The lowest BCUT2D eigenvalue weighted by Gasteiger charge is -2.34. The van der Waals surface area contributed by atoms with Crippen molar-refractivity contribution >= 4 is 35.5 Å². The molecule has 3 heterocycles. The number of amides is 6. The van der Waals surface area contributed by atoms with Crippen molar-refractivity contribution in [2.75, 3.05) is 31.5 Å². The molecule has 276 valence electrons. The van der Waals surface area contributed by atoms with E-state index in [0.717, 1.165) is 11.1 Å². The summed E-state index contributed by atoms with van der Waals surface area (Å²) in [5, 5.41) is 11.3. The van der Waals surface area contributed by atoms with Crippen LogP contribution >= 0.6 is 0 Å². The molecular formula is C39H50N8O5. The van der Waals surface area contributed by atoms with E-state index in [4.69, 9.17) is 0 Å². The summed E-state index contributed by atoms with van der Waals surface area (Å²) in [5.41, 5.74) is 3.11. The van der Waals surface area contributed by atoms with Crippen LogP contribution in [0.4, 0.5) is 10.6 Å². The maximum absolute atomic E-state index is 14.1. The third kappa shape index (κ3) is 11.1. The summed E-state index contributed by atoms with van der Waals surface area (Å²) >= 11 is 0. The molecule has 2 atom stereocenters. The molecule has 4 N–H and O–H groups in total. The van der Waals surface area contributed by atoms with Gasteiger partial charge in [0.25, 0.3) is 0 Å². The van der Waals surface area contributed by atoms with Crippen LogP contribution in [0.5, 0.6) is 0 Å². The van der Waals surface area contributed by atoms with Crippen molar-refractivity contribution in [3.8, 4) is 0 Å². The monoisotopic (exact) mass is 710 g/mol. The Morgan fingerprint density at radius 2 is 1.56 bits per heavy atom. The number of urea groups is 1. The number of benzene rings is 2. The zero-order chi connectivity index (χ0) is 37.1. The molecule has 0 radical (unpaired) electrons. The number of hydrogen-bond donors (Lipinski definition) is 4. The van der Waals surface area contributed by atoms with E-state index in [1.165, 1.54) is 24.2 Å². The van der Waals surface area contributed by atoms with Crippen molar-refractivity contribution < 1.29 is 24.0 Å². The van der Waals surface area contributed by atoms with Gasteiger partial charge in [0, 0.05) is 51.0 Å². The minimum absolute atomic E-state index is 0.192. The Morgan fingerprint density at radius 1 is 0.846 bits per heavy atom. The van der Waals surface area contributed by atoms with E-state index < -0.39 is 29.9 Å². The Morgan fingerprint density at radius 3 is 2.25 bits per heavy atom. The molecule has 1 fully saturated rings. The lowest BCUT2D eigenvalue weighted by Crippen LogP contribution is -2.58. The highest BCUT2D eigenvalue weighted by atomic mass is 16.2. The molecule has 1 saturated heterocycles. The van der Waals surface area contributed by atoms with Crippen LogP contribution in [0.25, 0.3) is 0 Å². The van der Waals surface area contributed by atoms with Gasteiger partial charge in [0.1, 0.15) is 12.1 Å². The molecule has 2 aliphatic rings. The van der Waals surface area contributed by atoms with Crippen molar-refractivity contribution in [3.63, 3.8) is 0 Å². The Hall–Kier alpha value is -5.33. The van der Waals surface area contributed by atoms with Gasteiger partial charge < -0.3 is 31.1 Å². The Balaban J connectivity index is 1.27. The van der Waals surface area contributed by atoms with Crippen LogP contribution < -0.4 is 21.3 Å². The maximum atomic E-state index is 14.1. The molecular weight excluding hydrogens is 660 g/mol. The first kappa shape index (κ1) is 37.9. The largest absolute Gasteiger partial charge is 0.355 e. The Bertz CT molecular complexity index is 1690. The number of rotatable bonds is 12. The van der Waals surface area contributed by atoms with Gasteiger partial charge in [-0.3, -0.25) is 24.2 Å². The van der Waals surface area contributed by atoms with E-state index in [9.17, 15) is 24.0 Å². The molecule has 6 amide bonds. The average Bonchev–Trinajstić information content (AvgIpc) is 3.15. The van der Waals surface area contributed by atoms with Crippen molar-refractivity contribution in [1.29, 1.82) is 0 Å². The molecule has 0 spiro atoms. The molecule has 13 nitrogen and oxygen atoms in total. The number of anilines is 1. The van der Waals surface area contributed by atoms with Crippen molar-refractivity contribution in [2.24, 2.45) is 11.3 Å². The predicted molar refractivity (Wildman–Crippen MR) is 197 cm³/mol. The summed E-state index contributed by atoms with van der Waals surface area (Å²) in [6.07, 6.45) is 6.60. The highest BCUT2D eigenvalue weighted by molar-refractivity contribution is 5.95. The number of piperidine rings is 1. The minimum Gasteiger partial charge on any atom is -0.355 e. The molecule has 2 aromatic carbocycles. The van der Waals surface area contributed by atoms with Crippen LogP contribution in [0.1, 0.15) is 63.1 Å². The van der Waals surface area contributed by atoms with E-state index in [1.54, 1.807) is 9.80 Å². The maximum Gasteiger partial charge on any atom is 0.318 e. The number of hydrogen-bond acceptors (Lipinski definition) is 7. The summed E-state index contributed by atoms with van der Waals surface area (Å²) in [4.78, 5) is 79.1. The third-order valence-electron chi connectivity index (χ3n) is 9.41. The minimum atomic E-state index is -1.24. The first-order valence-electron chi connectivity index (χ1n) is 18.0. The first-order valence-corrected chi connectivity index (χ1v) is 18.0. The van der Waals surface area contributed by atoms with E-state index >= 15 is 0 Å². The number of nitrogens with one attached hydrogen (secondary N) is 4.